The van der Waals surface area contributed by atoms with Crippen molar-refractivity contribution in [3.8, 4) is 27.9 Å². The van der Waals surface area contributed by atoms with Crippen LogP contribution in [0.5, 0.6) is 0 Å². The Hall–Kier alpha value is -6.38. The predicted molar refractivity (Wildman–Crippen MR) is 204 cm³/mol. The van der Waals surface area contributed by atoms with E-state index < -0.39 is 0 Å². The van der Waals surface area contributed by atoms with E-state index >= 15 is 0 Å². The summed E-state index contributed by atoms with van der Waals surface area (Å²) in [6.45, 7) is 0. The van der Waals surface area contributed by atoms with E-state index in [9.17, 15) is 0 Å². The molecule has 9 aromatic rings. The molecular weight excluding hydrogens is 581 g/mol. The Morgan fingerprint density at radius 3 is 1.38 bits per heavy atom. The summed E-state index contributed by atoms with van der Waals surface area (Å²) >= 11 is 0. The molecule has 9 rings (SSSR count). The van der Waals surface area contributed by atoms with Crippen LogP contribution in [0, 0.1) is 0 Å². The highest BCUT2D eigenvalue weighted by atomic mass is 15.1. The number of hydrogen-bond donors (Lipinski definition) is 0. The lowest BCUT2D eigenvalue weighted by atomic mass is 10.00. The molecule has 0 bridgehead atoms. The molecule has 2 nitrogen and oxygen atoms in total. The Bertz CT molecular complexity index is 2470. The maximum atomic E-state index is 2.42. The van der Waals surface area contributed by atoms with Gasteiger partial charge in [-0.05, 0) is 82.2 Å². The number of hydrogen-bond acceptors (Lipinski definition) is 1. The summed E-state index contributed by atoms with van der Waals surface area (Å²) in [4.78, 5) is 2.29. The zero-order chi connectivity index (χ0) is 31.9. The molecule has 0 saturated heterocycles. The van der Waals surface area contributed by atoms with Crippen molar-refractivity contribution in [2.75, 3.05) is 4.90 Å². The first-order valence-electron chi connectivity index (χ1n) is 16.4. The van der Waals surface area contributed by atoms with Crippen LogP contribution in [-0.2, 0) is 0 Å². The van der Waals surface area contributed by atoms with Gasteiger partial charge in [-0.15, -0.1) is 0 Å². The van der Waals surface area contributed by atoms with Crippen molar-refractivity contribution in [3.05, 3.63) is 194 Å². The zero-order valence-corrected chi connectivity index (χ0v) is 26.4. The predicted octanol–water partition coefficient (Wildman–Crippen LogP) is 12.7. The van der Waals surface area contributed by atoms with Gasteiger partial charge in [0.15, 0.2) is 0 Å². The van der Waals surface area contributed by atoms with Gasteiger partial charge in [0.25, 0.3) is 0 Å². The molecule has 48 heavy (non-hydrogen) atoms. The normalized spacial score (nSPS) is 11.3. The van der Waals surface area contributed by atoms with Crippen molar-refractivity contribution in [2.45, 2.75) is 0 Å². The molecule has 226 valence electrons. The van der Waals surface area contributed by atoms with E-state index in [2.05, 4.69) is 204 Å². The highest BCUT2D eigenvalue weighted by molar-refractivity contribution is 6.18. The monoisotopic (exact) mass is 612 g/mol. The lowest BCUT2D eigenvalue weighted by Crippen LogP contribution is -2.09. The molecule has 1 aromatic heterocycles. The first kappa shape index (κ1) is 27.9. The molecule has 0 aliphatic carbocycles. The van der Waals surface area contributed by atoms with Crippen molar-refractivity contribution in [3.63, 3.8) is 0 Å². The molecule has 0 radical (unpaired) electrons. The lowest BCUT2D eigenvalue weighted by Gasteiger charge is -2.25. The number of para-hydroxylation sites is 3. The Labute approximate surface area is 280 Å². The van der Waals surface area contributed by atoms with Crippen LogP contribution in [0.4, 0.5) is 17.1 Å². The Balaban J connectivity index is 1.02. The van der Waals surface area contributed by atoms with E-state index in [1.165, 1.54) is 54.8 Å². The molecule has 1 heterocycles. The summed E-state index contributed by atoms with van der Waals surface area (Å²) in [6, 6.07) is 69.7. The molecule has 2 heteroatoms. The molecular formula is C46H32N2. The number of anilines is 3. The number of benzene rings is 8. The third-order valence-corrected chi connectivity index (χ3v) is 9.39. The van der Waals surface area contributed by atoms with Crippen molar-refractivity contribution in [1.29, 1.82) is 0 Å². The summed E-state index contributed by atoms with van der Waals surface area (Å²) in [5, 5.41) is 5.08. The van der Waals surface area contributed by atoms with E-state index in [-0.39, 0.29) is 0 Å². The second kappa shape index (κ2) is 11.8. The fourth-order valence-electron chi connectivity index (χ4n) is 7.06. The summed E-state index contributed by atoms with van der Waals surface area (Å²) < 4.78 is 2.42. The molecule has 0 atom stereocenters. The largest absolute Gasteiger partial charge is 0.311 e. The highest BCUT2D eigenvalue weighted by Crippen LogP contribution is 2.38. The van der Waals surface area contributed by atoms with Gasteiger partial charge >= 0.3 is 0 Å². The average Bonchev–Trinajstić information content (AvgIpc) is 3.51. The summed E-state index contributed by atoms with van der Waals surface area (Å²) in [5.41, 5.74) is 11.8. The van der Waals surface area contributed by atoms with Crippen LogP contribution in [0.3, 0.4) is 0 Å². The van der Waals surface area contributed by atoms with Gasteiger partial charge in [-0.25, -0.2) is 0 Å². The van der Waals surface area contributed by atoms with Crippen molar-refractivity contribution in [1.82, 2.24) is 4.57 Å². The van der Waals surface area contributed by atoms with Gasteiger partial charge in [-0.1, -0.05) is 140 Å². The highest BCUT2D eigenvalue weighted by Gasteiger charge is 2.15. The van der Waals surface area contributed by atoms with Gasteiger partial charge in [0.1, 0.15) is 0 Å². The summed E-state index contributed by atoms with van der Waals surface area (Å²) in [5.74, 6) is 0. The Morgan fingerprint density at radius 2 is 0.771 bits per heavy atom. The van der Waals surface area contributed by atoms with Gasteiger partial charge in [0.2, 0.25) is 0 Å². The lowest BCUT2D eigenvalue weighted by molar-refractivity contribution is 1.19. The van der Waals surface area contributed by atoms with Crippen molar-refractivity contribution in [2.24, 2.45) is 0 Å². The van der Waals surface area contributed by atoms with Gasteiger partial charge in [0, 0.05) is 38.9 Å². The van der Waals surface area contributed by atoms with E-state index in [0.717, 1.165) is 22.7 Å². The van der Waals surface area contributed by atoms with E-state index in [4.69, 9.17) is 0 Å². The number of nitrogens with zero attached hydrogens (tertiary/aromatic N) is 2. The third kappa shape index (κ3) is 4.83. The average molecular weight is 613 g/mol. The van der Waals surface area contributed by atoms with Crippen LogP contribution in [0.15, 0.2) is 194 Å². The third-order valence-electron chi connectivity index (χ3n) is 9.39. The molecule has 0 N–H and O–H groups in total. The smallest absolute Gasteiger partial charge is 0.0619 e. The molecule has 0 saturated carbocycles. The van der Waals surface area contributed by atoms with Gasteiger partial charge < -0.3 is 9.47 Å². The maximum absolute atomic E-state index is 2.42. The van der Waals surface area contributed by atoms with Gasteiger partial charge in [0.05, 0.1) is 11.0 Å². The van der Waals surface area contributed by atoms with Crippen molar-refractivity contribution >= 4 is 49.6 Å². The van der Waals surface area contributed by atoms with E-state index in [1.54, 1.807) is 0 Å². The molecule has 0 aliphatic rings. The fourth-order valence-corrected chi connectivity index (χ4v) is 7.06. The van der Waals surface area contributed by atoms with Crippen LogP contribution in [-0.4, -0.2) is 4.57 Å². The van der Waals surface area contributed by atoms with Gasteiger partial charge in [-0.2, -0.15) is 0 Å². The second-order valence-corrected chi connectivity index (χ2v) is 12.2. The first-order valence-corrected chi connectivity index (χ1v) is 16.4. The van der Waals surface area contributed by atoms with E-state index in [0.29, 0.717) is 0 Å². The topological polar surface area (TPSA) is 8.17 Å². The fraction of sp³-hybridized carbons (Fsp3) is 0. The van der Waals surface area contributed by atoms with Gasteiger partial charge in [-0.3, -0.25) is 0 Å². The summed E-state index contributed by atoms with van der Waals surface area (Å²) in [6.07, 6.45) is 0. The second-order valence-electron chi connectivity index (χ2n) is 12.2. The van der Waals surface area contributed by atoms with Crippen LogP contribution in [0.25, 0.3) is 60.5 Å². The maximum Gasteiger partial charge on any atom is 0.0619 e. The summed E-state index contributed by atoms with van der Waals surface area (Å²) in [7, 11) is 0. The minimum Gasteiger partial charge on any atom is -0.311 e. The van der Waals surface area contributed by atoms with Crippen LogP contribution < -0.4 is 4.90 Å². The Morgan fingerprint density at radius 1 is 0.312 bits per heavy atom. The van der Waals surface area contributed by atoms with Crippen LogP contribution in [0.2, 0.25) is 0 Å². The number of rotatable bonds is 6. The van der Waals surface area contributed by atoms with Crippen LogP contribution in [0.1, 0.15) is 0 Å². The minimum absolute atomic E-state index is 1.13. The van der Waals surface area contributed by atoms with Crippen LogP contribution >= 0.6 is 0 Å². The molecule has 0 amide bonds. The Kier molecular flexibility index (Phi) is 6.84. The van der Waals surface area contributed by atoms with Crippen molar-refractivity contribution < 1.29 is 0 Å². The minimum atomic E-state index is 1.13. The molecule has 0 aliphatic heterocycles. The first-order chi connectivity index (χ1) is 23.8. The molecule has 0 unspecified atom stereocenters. The molecule has 0 fully saturated rings. The SMILES string of the molecule is c1ccc(N(c2ccccc2)c2ccc(-c3ccc(-c4ccc(-n5c6ccccc6c6ccc7ccccc7c65)cc4)cc3)cc2)cc1. The number of aromatic nitrogens is 1. The zero-order valence-electron chi connectivity index (χ0n) is 26.4. The quantitative estimate of drug-likeness (QED) is 0.181. The standard InChI is InChI=1S/C46H32N2/c1-3-12-38(13-4-1)47(39-14-5-2-6-15-39)40-28-23-35(24-29-40)33-19-21-34(22-20-33)36-25-30-41(31-26-36)48-45-18-10-9-17-43(45)44-32-27-37-11-7-8-16-42(37)46(44)48/h1-32H. The van der Waals surface area contributed by atoms with E-state index in [1.807, 2.05) is 0 Å². The molecule has 0 spiro atoms. The number of fused-ring (bicyclic) bond motifs is 5. The molecule has 8 aromatic carbocycles.